The summed E-state index contributed by atoms with van der Waals surface area (Å²) in [5, 5.41) is 1.90. The van der Waals surface area contributed by atoms with Crippen LogP contribution in [0, 0.1) is 0 Å². The molecule has 3 heterocycles. The van der Waals surface area contributed by atoms with Gasteiger partial charge in [0.1, 0.15) is 0 Å². The molecule has 0 saturated heterocycles. The summed E-state index contributed by atoms with van der Waals surface area (Å²) in [6.45, 7) is 2.19. The zero-order valence-electron chi connectivity index (χ0n) is 15.4. The molecule has 1 aliphatic heterocycles. The molecule has 4 nitrogen and oxygen atoms in total. The third kappa shape index (κ3) is 2.56. The van der Waals surface area contributed by atoms with Gasteiger partial charge in [0.2, 0.25) is 0 Å². The summed E-state index contributed by atoms with van der Waals surface area (Å²) in [5.74, 6) is -0.269. The van der Waals surface area contributed by atoms with Crippen molar-refractivity contribution in [1.82, 2.24) is 9.55 Å². The summed E-state index contributed by atoms with van der Waals surface area (Å²) < 4.78 is 7.46. The number of aromatic nitrogens is 2. The average molecular weight is 391 g/mol. The summed E-state index contributed by atoms with van der Waals surface area (Å²) >= 11 is 6.12. The van der Waals surface area contributed by atoms with Crippen LogP contribution in [0.2, 0.25) is 5.02 Å². The standard InChI is InChI=1S/C23H19ClN2O2/c1-2-28-23(27)17-11-12-26-20(17)13-18-16-5-3-4-6-19(16)25-21(18)22(26)14-7-9-15(24)10-8-14/h3-12,22,25H,2,13H2,1H3. The fourth-order valence-electron chi connectivity index (χ4n) is 4.23. The Morgan fingerprint density at radius 1 is 1.18 bits per heavy atom. The van der Waals surface area contributed by atoms with Crippen molar-refractivity contribution < 1.29 is 9.53 Å². The van der Waals surface area contributed by atoms with Crippen LogP contribution in [-0.4, -0.2) is 22.1 Å². The molecule has 140 valence electrons. The molecule has 0 saturated carbocycles. The van der Waals surface area contributed by atoms with Gasteiger partial charge in [-0.05, 0) is 42.3 Å². The van der Waals surface area contributed by atoms with E-state index >= 15 is 0 Å². The predicted octanol–water partition coefficient (Wildman–Crippen LogP) is 5.34. The Morgan fingerprint density at radius 2 is 1.96 bits per heavy atom. The van der Waals surface area contributed by atoms with E-state index in [1.165, 1.54) is 10.9 Å². The van der Waals surface area contributed by atoms with Gasteiger partial charge in [0.05, 0.1) is 18.2 Å². The highest BCUT2D eigenvalue weighted by Gasteiger charge is 2.32. The van der Waals surface area contributed by atoms with Gasteiger partial charge in [0, 0.05) is 39.9 Å². The van der Waals surface area contributed by atoms with Crippen LogP contribution in [-0.2, 0) is 11.2 Å². The first-order chi connectivity index (χ1) is 13.7. The van der Waals surface area contributed by atoms with Crippen LogP contribution in [0.5, 0.6) is 0 Å². The van der Waals surface area contributed by atoms with Crippen molar-refractivity contribution in [2.24, 2.45) is 0 Å². The van der Waals surface area contributed by atoms with Gasteiger partial charge in [-0.25, -0.2) is 4.79 Å². The van der Waals surface area contributed by atoms with Crippen LogP contribution in [0.4, 0.5) is 0 Å². The van der Waals surface area contributed by atoms with Gasteiger partial charge < -0.3 is 14.3 Å². The molecule has 2 aromatic carbocycles. The fourth-order valence-corrected chi connectivity index (χ4v) is 4.35. The van der Waals surface area contributed by atoms with Gasteiger partial charge in [-0.15, -0.1) is 0 Å². The van der Waals surface area contributed by atoms with Crippen LogP contribution in [0.25, 0.3) is 10.9 Å². The molecule has 0 spiro atoms. The van der Waals surface area contributed by atoms with E-state index in [9.17, 15) is 4.79 Å². The second kappa shape index (κ2) is 6.57. The lowest BCUT2D eigenvalue weighted by Crippen LogP contribution is -2.22. The van der Waals surface area contributed by atoms with Crippen molar-refractivity contribution in [3.63, 3.8) is 0 Å². The maximum atomic E-state index is 12.5. The number of nitrogens with zero attached hydrogens (tertiary/aromatic N) is 1. The molecule has 1 unspecified atom stereocenters. The number of hydrogen-bond acceptors (Lipinski definition) is 2. The van der Waals surface area contributed by atoms with Crippen molar-refractivity contribution in [2.45, 2.75) is 19.4 Å². The second-order valence-corrected chi connectivity index (χ2v) is 7.43. The molecule has 1 atom stereocenters. The number of carbonyl (C=O) groups excluding carboxylic acids is 1. The third-order valence-electron chi connectivity index (χ3n) is 5.45. The molecule has 1 aliphatic rings. The Kier molecular flexibility index (Phi) is 4.02. The first-order valence-corrected chi connectivity index (χ1v) is 9.77. The second-order valence-electron chi connectivity index (χ2n) is 7.00. The number of fused-ring (bicyclic) bond motifs is 4. The molecule has 4 aromatic rings. The largest absolute Gasteiger partial charge is 0.462 e. The first kappa shape index (κ1) is 17.1. The molecular formula is C23H19ClN2O2. The summed E-state index contributed by atoms with van der Waals surface area (Å²) in [7, 11) is 0. The Labute approximate surface area is 167 Å². The molecule has 0 bridgehead atoms. The summed E-state index contributed by atoms with van der Waals surface area (Å²) in [5.41, 5.74) is 6.22. The number of nitrogens with one attached hydrogen (secondary N) is 1. The highest BCUT2D eigenvalue weighted by atomic mass is 35.5. The van der Waals surface area contributed by atoms with Gasteiger partial charge in [-0.1, -0.05) is 41.9 Å². The fraction of sp³-hybridized carbons (Fsp3) is 0.174. The summed E-state index contributed by atoms with van der Waals surface area (Å²) in [6.07, 6.45) is 2.67. The van der Waals surface area contributed by atoms with Crippen LogP contribution >= 0.6 is 11.6 Å². The van der Waals surface area contributed by atoms with Gasteiger partial charge in [0.15, 0.2) is 0 Å². The number of para-hydroxylation sites is 1. The monoisotopic (exact) mass is 390 g/mol. The van der Waals surface area contributed by atoms with Crippen molar-refractivity contribution in [3.8, 4) is 0 Å². The first-order valence-electron chi connectivity index (χ1n) is 9.39. The zero-order chi connectivity index (χ0) is 19.3. The number of hydrogen-bond donors (Lipinski definition) is 1. The van der Waals surface area contributed by atoms with E-state index in [0.29, 0.717) is 23.6 Å². The van der Waals surface area contributed by atoms with E-state index in [-0.39, 0.29) is 12.0 Å². The van der Waals surface area contributed by atoms with Crippen molar-refractivity contribution in [2.75, 3.05) is 6.61 Å². The van der Waals surface area contributed by atoms with E-state index in [0.717, 1.165) is 22.5 Å². The van der Waals surface area contributed by atoms with Crippen molar-refractivity contribution >= 4 is 28.5 Å². The van der Waals surface area contributed by atoms with E-state index in [2.05, 4.69) is 21.7 Å². The highest BCUT2D eigenvalue weighted by molar-refractivity contribution is 6.30. The molecule has 5 rings (SSSR count). The smallest absolute Gasteiger partial charge is 0.339 e. The van der Waals surface area contributed by atoms with E-state index in [4.69, 9.17) is 16.3 Å². The summed E-state index contributed by atoms with van der Waals surface area (Å²) in [4.78, 5) is 16.1. The van der Waals surface area contributed by atoms with Crippen LogP contribution in [0.15, 0.2) is 60.8 Å². The minimum absolute atomic E-state index is 0.0495. The third-order valence-corrected chi connectivity index (χ3v) is 5.70. The lowest BCUT2D eigenvalue weighted by molar-refractivity contribution is 0.0525. The minimum Gasteiger partial charge on any atom is -0.462 e. The number of esters is 1. The number of carbonyl (C=O) groups is 1. The Balaban J connectivity index is 1.75. The normalized spacial score (nSPS) is 15.3. The molecule has 5 heteroatoms. The SMILES string of the molecule is CCOC(=O)c1ccn2c1Cc1c([nH]c3ccccc13)C2c1ccc(Cl)cc1. The number of H-pyrrole nitrogens is 1. The lowest BCUT2D eigenvalue weighted by atomic mass is 9.92. The Morgan fingerprint density at radius 3 is 2.75 bits per heavy atom. The van der Waals surface area contributed by atoms with Crippen LogP contribution in [0.1, 0.15) is 45.8 Å². The number of halogens is 1. The Bertz CT molecular complexity index is 1190. The molecule has 2 aromatic heterocycles. The van der Waals surface area contributed by atoms with Crippen LogP contribution < -0.4 is 0 Å². The topological polar surface area (TPSA) is 47.0 Å². The van der Waals surface area contributed by atoms with Crippen molar-refractivity contribution in [3.05, 3.63) is 93.9 Å². The lowest BCUT2D eigenvalue weighted by Gasteiger charge is -2.28. The zero-order valence-corrected chi connectivity index (χ0v) is 16.2. The molecule has 1 N–H and O–H groups in total. The number of benzene rings is 2. The van der Waals surface area contributed by atoms with Gasteiger partial charge in [0.25, 0.3) is 0 Å². The van der Waals surface area contributed by atoms with Gasteiger partial charge >= 0.3 is 5.97 Å². The molecular weight excluding hydrogens is 372 g/mol. The van der Waals surface area contributed by atoms with Gasteiger partial charge in [-0.3, -0.25) is 0 Å². The number of aromatic amines is 1. The van der Waals surface area contributed by atoms with E-state index < -0.39 is 0 Å². The number of ether oxygens (including phenoxy) is 1. The minimum atomic E-state index is -0.269. The van der Waals surface area contributed by atoms with Crippen molar-refractivity contribution in [1.29, 1.82) is 0 Å². The summed E-state index contributed by atoms with van der Waals surface area (Å²) in [6, 6.07) is 18.0. The maximum absolute atomic E-state index is 12.5. The maximum Gasteiger partial charge on any atom is 0.339 e. The molecule has 28 heavy (non-hydrogen) atoms. The molecule has 0 fully saturated rings. The molecule has 0 aliphatic carbocycles. The van der Waals surface area contributed by atoms with E-state index in [1.807, 2.05) is 55.6 Å². The van der Waals surface area contributed by atoms with E-state index in [1.54, 1.807) is 0 Å². The Hall–Kier alpha value is -2.98. The highest BCUT2D eigenvalue weighted by Crippen LogP contribution is 2.40. The quantitative estimate of drug-likeness (QED) is 0.422. The molecule has 0 amide bonds. The number of rotatable bonds is 3. The average Bonchev–Trinajstić information content (AvgIpc) is 3.28. The van der Waals surface area contributed by atoms with Gasteiger partial charge in [-0.2, -0.15) is 0 Å². The molecule has 0 radical (unpaired) electrons. The van der Waals surface area contributed by atoms with Crippen LogP contribution in [0.3, 0.4) is 0 Å². The predicted molar refractivity (Wildman–Crippen MR) is 110 cm³/mol.